The molecule has 13 heavy (non-hydrogen) atoms. The zero-order valence-electron chi connectivity index (χ0n) is 6.79. The van der Waals surface area contributed by atoms with Crippen LogP contribution in [0.5, 0.6) is 0 Å². The van der Waals surface area contributed by atoms with E-state index in [9.17, 15) is 10.2 Å². The van der Waals surface area contributed by atoms with Crippen LogP contribution in [0.1, 0.15) is 10.9 Å². The largest absolute Gasteiger partial charge is 0.511 e. The van der Waals surface area contributed by atoms with Crippen LogP contribution in [-0.4, -0.2) is 21.3 Å². The number of aromatic nitrogens is 1. The van der Waals surface area contributed by atoms with Crippen molar-refractivity contribution in [3.8, 4) is 0 Å². The number of rotatable bonds is 1. The second-order valence-electron chi connectivity index (χ2n) is 2.82. The summed E-state index contributed by atoms with van der Waals surface area (Å²) in [5, 5.41) is 21.7. The van der Waals surface area contributed by atoms with Crippen LogP contribution in [0, 0.1) is 0 Å². The van der Waals surface area contributed by atoms with E-state index in [-0.39, 0.29) is 11.7 Å². The molecule has 2 unspecified atom stereocenters. The lowest BCUT2D eigenvalue weighted by atomic mass is 9.96. The number of aliphatic hydroxyl groups is 2. The van der Waals surface area contributed by atoms with Crippen molar-refractivity contribution in [2.24, 2.45) is 0 Å². The van der Waals surface area contributed by atoms with Crippen LogP contribution in [0.15, 0.2) is 35.6 Å². The van der Waals surface area contributed by atoms with E-state index in [2.05, 4.69) is 4.98 Å². The van der Waals surface area contributed by atoms with E-state index >= 15 is 0 Å². The average Bonchev–Trinajstić information content (AvgIpc) is 2.57. The van der Waals surface area contributed by atoms with Gasteiger partial charge >= 0.3 is 0 Å². The second kappa shape index (κ2) is 3.32. The number of thiazole rings is 1. The summed E-state index contributed by atoms with van der Waals surface area (Å²) in [6.45, 7) is 0. The molecule has 0 fully saturated rings. The highest BCUT2D eigenvalue weighted by Crippen LogP contribution is 2.30. The number of allylic oxidation sites excluding steroid dienone is 2. The summed E-state index contributed by atoms with van der Waals surface area (Å²) < 4.78 is 0. The van der Waals surface area contributed by atoms with Gasteiger partial charge in [-0.15, -0.1) is 11.3 Å². The fourth-order valence-corrected chi connectivity index (χ4v) is 2.11. The standard InChI is InChI=1S/C9H9NO2S/c11-6-2-1-3-7(12)8(6)9-10-4-5-13-9/h1-6,8,11-12H. The van der Waals surface area contributed by atoms with E-state index in [1.807, 2.05) is 5.38 Å². The predicted molar refractivity (Wildman–Crippen MR) is 50.7 cm³/mol. The summed E-state index contributed by atoms with van der Waals surface area (Å²) in [4.78, 5) is 4.06. The molecule has 2 rings (SSSR count). The molecule has 2 atom stereocenters. The van der Waals surface area contributed by atoms with E-state index in [4.69, 9.17) is 0 Å². The van der Waals surface area contributed by atoms with Gasteiger partial charge in [-0.1, -0.05) is 12.2 Å². The SMILES string of the molecule is OC1=CC=CC(O)C1c1nccs1. The molecule has 0 amide bonds. The molecule has 1 aromatic heterocycles. The Morgan fingerprint density at radius 2 is 2.31 bits per heavy atom. The van der Waals surface area contributed by atoms with E-state index in [0.717, 1.165) is 5.01 Å². The summed E-state index contributed by atoms with van der Waals surface area (Å²) in [6.07, 6.45) is 5.86. The quantitative estimate of drug-likeness (QED) is 0.715. The molecule has 1 aliphatic carbocycles. The number of hydrogen-bond donors (Lipinski definition) is 2. The molecule has 0 spiro atoms. The lowest BCUT2D eigenvalue weighted by molar-refractivity contribution is 0.175. The average molecular weight is 195 g/mol. The first-order valence-electron chi connectivity index (χ1n) is 3.94. The fourth-order valence-electron chi connectivity index (χ4n) is 1.32. The van der Waals surface area contributed by atoms with Gasteiger partial charge < -0.3 is 10.2 Å². The first-order chi connectivity index (χ1) is 6.29. The highest BCUT2D eigenvalue weighted by atomic mass is 32.1. The van der Waals surface area contributed by atoms with Gasteiger partial charge in [-0.3, -0.25) is 0 Å². The summed E-state index contributed by atoms with van der Waals surface area (Å²) in [6, 6.07) is 0. The van der Waals surface area contributed by atoms with Crippen LogP contribution in [0.25, 0.3) is 0 Å². The molecule has 0 bridgehead atoms. The van der Waals surface area contributed by atoms with Crippen molar-refractivity contribution in [1.82, 2.24) is 4.98 Å². The Kier molecular flexibility index (Phi) is 2.16. The van der Waals surface area contributed by atoms with Crippen molar-refractivity contribution in [3.63, 3.8) is 0 Å². The molecule has 0 aliphatic heterocycles. The lowest BCUT2D eigenvalue weighted by Gasteiger charge is -2.19. The first-order valence-corrected chi connectivity index (χ1v) is 4.82. The molecule has 2 N–H and O–H groups in total. The fraction of sp³-hybridized carbons (Fsp3) is 0.222. The van der Waals surface area contributed by atoms with Crippen LogP contribution in [0.3, 0.4) is 0 Å². The molecule has 0 saturated heterocycles. The summed E-state index contributed by atoms with van der Waals surface area (Å²) in [7, 11) is 0. The lowest BCUT2D eigenvalue weighted by Crippen LogP contribution is -2.20. The van der Waals surface area contributed by atoms with Gasteiger partial charge in [-0.2, -0.15) is 0 Å². The Bertz CT molecular complexity index is 343. The predicted octanol–water partition coefficient (Wildman–Crippen LogP) is 1.60. The van der Waals surface area contributed by atoms with Gasteiger partial charge in [0.2, 0.25) is 0 Å². The van der Waals surface area contributed by atoms with E-state index < -0.39 is 6.10 Å². The normalized spacial score (nSPS) is 27.3. The number of nitrogens with zero attached hydrogens (tertiary/aromatic N) is 1. The maximum absolute atomic E-state index is 9.59. The van der Waals surface area contributed by atoms with Gasteiger partial charge in [-0.25, -0.2) is 4.98 Å². The van der Waals surface area contributed by atoms with Crippen molar-refractivity contribution in [2.75, 3.05) is 0 Å². The van der Waals surface area contributed by atoms with Crippen LogP contribution in [0.2, 0.25) is 0 Å². The van der Waals surface area contributed by atoms with Crippen LogP contribution >= 0.6 is 11.3 Å². The third-order valence-electron chi connectivity index (χ3n) is 1.95. The molecule has 4 heteroatoms. The topological polar surface area (TPSA) is 53.4 Å². The zero-order chi connectivity index (χ0) is 9.26. The van der Waals surface area contributed by atoms with Crippen LogP contribution in [0.4, 0.5) is 0 Å². The van der Waals surface area contributed by atoms with Gasteiger partial charge in [0.15, 0.2) is 0 Å². The van der Waals surface area contributed by atoms with E-state index in [1.165, 1.54) is 11.3 Å². The van der Waals surface area contributed by atoms with Crippen molar-refractivity contribution in [1.29, 1.82) is 0 Å². The summed E-state index contributed by atoms with van der Waals surface area (Å²) in [5.41, 5.74) is 0. The van der Waals surface area contributed by atoms with Crippen molar-refractivity contribution < 1.29 is 10.2 Å². The molecule has 68 valence electrons. The molecule has 0 aromatic carbocycles. The van der Waals surface area contributed by atoms with Gasteiger partial charge in [-0.05, 0) is 6.08 Å². The molecule has 1 heterocycles. The van der Waals surface area contributed by atoms with E-state index in [0.29, 0.717) is 0 Å². The number of hydrogen-bond acceptors (Lipinski definition) is 4. The smallest absolute Gasteiger partial charge is 0.106 e. The van der Waals surface area contributed by atoms with Gasteiger partial charge in [0.1, 0.15) is 10.8 Å². The molecule has 3 nitrogen and oxygen atoms in total. The highest BCUT2D eigenvalue weighted by Gasteiger charge is 2.27. The molecule has 0 saturated carbocycles. The van der Waals surface area contributed by atoms with Gasteiger partial charge in [0.05, 0.1) is 12.0 Å². The number of aliphatic hydroxyl groups excluding tert-OH is 2. The maximum atomic E-state index is 9.59. The Balaban J connectivity index is 2.33. The minimum absolute atomic E-state index is 0.171. The second-order valence-corrected chi connectivity index (χ2v) is 3.74. The molecule has 0 radical (unpaired) electrons. The van der Waals surface area contributed by atoms with Crippen LogP contribution in [-0.2, 0) is 0 Å². The highest BCUT2D eigenvalue weighted by molar-refractivity contribution is 7.09. The summed E-state index contributed by atoms with van der Waals surface area (Å²) in [5.74, 6) is -0.213. The molecular formula is C9H9NO2S. The summed E-state index contributed by atoms with van der Waals surface area (Å²) >= 11 is 1.43. The monoisotopic (exact) mass is 195 g/mol. The third kappa shape index (κ3) is 1.50. The Morgan fingerprint density at radius 1 is 1.46 bits per heavy atom. The van der Waals surface area contributed by atoms with Gasteiger partial charge in [0, 0.05) is 11.6 Å². The first kappa shape index (κ1) is 8.47. The van der Waals surface area contributed by atoms with Crippen molar-refractivity contribution in [2.45, 2.75) is 12.0 Å². The maximum Gasteiger partial charge on any atom is 0.106 e. The molecule has 1 aromatic rings. The molecule has 1 aliphatic rings. The van der Waals surface area contributed by atoms with Gasteiger partial charge in [0.25, 0.3) is 0 Å². The Labute approximate surface area is 79.7 Å². The minimum atomic E-state index is -0.670. The Morgan fingerprint density at radius 3 is 2.92 bits per heavy atom. The van der Waals surface area contributed by atoms with Crippen molar-refractivity contribution in [3.05, 3.63) is 40.6 Å². The van der Waals surface area contributed by atoms with E-state index in [1.54, 1.807) is 24.4 Å². The molecular weight excluding hydrogens is 186 g/mol. The third-order valence-corrected chi connectivity index (χ3v) is 2.81. The Hall–Kier alpha value is -1.13. The van der Waals surface area contributed by atoms with Crippen LogP contribution < -0.4 is 0 Å². The van der Waals surface area contributed by atoms with Crippen molar-refractivity contribution >= 4 is 11.3 Å². The zero-order valence-corrected chi connectivity index (χ0v) is 7.61. The minimum Gasteiger partial charge on any atom is -0.511 e.